The van der Waals surface area contributed by atoms with Crippen LogP contribution in [0.15, 0.2) is 0 Å². The van der Waals surface area contributed by atoms with Crippen LogP contribution in [0.25, 0.3) is 0 Å². The molecule has 2 aliphatic rings. The molecule has 184 valence electrons. The van der Waals surface area contributed by atoms with Crippen molar-refractivity contribution in [3.8, 4) is 0 Å². The first-order valence-electron chi connectivity index (χ1n) is 11.0. The number of rotatable bonds is 11. The summed E-state index contributed by atoms with van der Waals surface area (Å²) in [6, 6.07) is -3.94. The Labute approximate surface area is 191 Å². The summed E-state index contributed by atoms with van der Waals surface area (Å²) in [5, 5.41) is 11.7. The second-order valence-corrected chi connectivity index (χ2v) is 8.40. The molecular formula is C20H32N6O7. The van der Waals surface area contributed by atoms with E-state index in [1.807, 2.05) is 0 Å². The molecule has 4 atom stereocenters. The minimum absolute atomic E-state index is 0.0474. The number of hydrogen-bond acceptors (Lipinski definition) is 7. The number of nitrogens with one attached hydrogen (secondary N) is 1. The number of carbonyl (C=O) groups excluding carboxylic acids is 5. The third kappa shape index (κ3) is 6.88. The fourth-order valence-corrected chi connectivity index (χ4v) is 4.23. The first-order valence-corrected chi connectivity index (χ1v) is 11.0. The minimum Gasteiger partial charge on any atom is -0.480 e. The number of carboxylic acids is 1. The van der Waals surface area contributed by atoms with Gasteiger partial charge in [0, 0.05) is 25.9 Å². The maximum Gasteiger partial charge on any atom is 0.326 e. The Hall–Kier alpha value is -3.22. The Morgan fingerprint density at radius 1 is 0.879 bits per heavy atom. The zero-order valence-electron chi connectivity index (χ0n) is 18.4. The van der Waals surface area contributed by atoms with Gasteiger partial charge in [-0.25, -0.2) is 4.79 Å². The zero-order valence-corrected chi connectivity index (χ0v) is 18.4. The molecule has 0 aliphatic carbocycles. The van der Waals surface area contributed by atoms with Crippen molar-refractivity contribution in [2.75, 3.05) is 13.1 Å². The molecule has 13 heteroatoms. The molecule has 0 unspecified atom stereocenters. The van der Waals surface area contributed by atoms with E-state index in [0.29, 0.717) is 38.8 Å². The highest BCUT2D eigenvalue weighted by Gasteiger charge is 2.43. The molecule has 2 rings (SSSR count). The van der Waals surface area contributed by atoms with Gasteiger partial charge >= 0.3 is 5.97 Å². The predicted octanol–water partition coefficient (Wildman–Crippen LogP) is -2.60. The molecule has 13 nitrogen and oxygen atoms in total. The first kappa shape index (κ1) is 26.0. The average molecular weight is 469 g/mol. The van der Waals surface area contributed by atoms with E-state index in [1.165, 1.54) is 9.80 Å². The molecular weight excluding hydrogens is 436 g/mol. The van der Waals surface area contributed by atoms with Gasteiger partial charge < -0.3 is 37.4 Å². The second-order valence-electron chi connectivity index (χ2n) is 8.40. The number of carboxylic acid groups (broad SMARTS) is 1. The van der Waals surface area contributed by atoms with E-state index in [9.17, 15) is 33.9 Å². The smallest absolute Gasteiger partial charge is 0.326 e. The molecule has 0 spiro atoms. The van der Waals surface area contributed by atoms with Gasteiger partial charge in [-0.1, -0.05) is 0 Å². The quantitative estimate of drug-likeness (QED) is 0.216. The Morgan fingerprint density at radius 3 is 2.00 bits per heavy atom. The maximum absolute atomic E-state index is 13.3. The summed E-state index contributed by atoms with van der Waals surface area (Å²) in [6.45, 7) is 0.626. The van der Waals surface area contributed by atoms with Crippen molar-refractivity contribution in [1.82, 2.24) is 15.1 Å². The molecule has 8 N–H and O–H groups in total. The van der Waals surface area contributed by atoms with Crippen LogP contribution in [-0.4, -0.2) is 87.7 Å². The van der Waals surface area contributed by atoms with Crippen molar-refractivity contribution >= 4 is 35.5 Å². The van der Waals surface area contributed by atoms with Gasteiger partial charge in [-0.3, -0.25) is 24.0 Å². The molecule has 2 fully saturated rings. The van der Waals surface area contributed by atoms with Crippen LogP contribution in [0.4, 0.5) is 0 Å². The summed E-state index contributed by atoms with van der Waals surface area (Å²) >= 11 is 0. The highest BCUT2D eigenvalue weighted by Crippen LogP contribution is 2.26. The molecule has 0 aromatic carbocycles. The van der Waals surface area contributed by atoms with Crippen LogP contribution in [-0.2, 0) is 28.8 Å². The van der Waals surface area contributed by atoms with Crippen molar-refractivity contribution in [3.63, 3.8) is 0 Å². The van der Waals surface area contributed by atoms with Crippen molar-refractivity contribution < 1.29 is 33.9 Å². The zero-order chi connectivity index (χ0) is 24.7. The number of likely N-dealkylation sites (tertiary alicyclic amines) is 2. The lowest BCUT2D eigenvalue weighted by Crippen LogP contribution is -2.56. The van der Waals surface area contributed by atoms with E-state index in [4.69, 9.17) is 17.2 Å². The van der Waals surface area contributed by atoms with Crippen LogP contribution in [0.3, 0.4) is 0 Å². The van der Waals surface area contributed by atoms with Crippen LogP contribution >= 0.6 is 0 Å². The Bertz CT molecular complexity index is 804. The van der Waals surface area contributed by atoms with Crippen LogP contribution < -0.4 is 22.5 Å². The van der Waals surface area contributed by atoms with Gasteiger partial charge in [-0.2, -0.15) is 0 Å². The largest absolute Gasteiger partial charge is 0.480 e. The van der Waals surface area contributed by atoms with Crippen molar-refractivity contribution in [1.29, 1.82) is 0 Å². The van der Waals surface area contributed by atoms with E-state index in [0.717, 1.165) is 0 Å². The molecule has 0 aromatic heterocycles. The topological polar surface area (TPSA) is 219 Å². The first-order chi connectivity index (χ1) is 15.5. The standard InChI is InChI=1S/C20H32N6O7/c21-11(5-7-15(22)27)18(30)26-10-2-4-14(26)19(31)25-9-1-3-13(25)17(29)24-12(20(32)33)6-8-16(23)28/h11-14H,1-10,21H2,(H2,22,27)(H2,23,28)(H,24,29)(H,32,33)/t11-,12-,13-,14-/m0/s1. The number of aliphatic carboxylic acids is 1. The van der Waals surface area contributed by atoms with E-state index in [2.05, 4.69) is 5.32 Å². The van der Waals surface area contributed by atoms with Crippen molar-refractivity contribution in [3.05, 3.63) is 0 Å². The highest BCUT2D eigenvalue weighted by molar-refractivity contribution is 5.95. The minimum atomic E-state index is -1.31. The summed E-state index contributed by atoms with van der Waals surface area (Å²) in [5.41, 5.74) is 16.1. The van der Waals surface area contributed by atoms with Gasteiger partial charge in [0.2, 0.25) is 29.5 Å². The molecule has 2 saturated heterocycles. The third-order valence-electron chi connectivity index (χ3n) is 5.97. The van der Waals surface area contributed by atoms with Crippen molar-refractivity contribution in [2.45, 2.75) is 75.5 Å². The summed E-state index contributed by atoms with van der Waals surface area (Å²) in [7, 11) is 0. The SMILES string of the molecule is NC(=O)CC[C@H](NC(=O)[C@@H]1CCCN1C(=O)[C@@H]1CCCN1C(=O)[C@@H](N)CCC(N)=O)C(=O)O. The summed E-state index contributed by atoms with van der Waals surface area (Å²) in [5.74, 6) is -4.05. The lowest BCUT2D eigenvalue weighted by molar-refractivity contribution is -0.148. The lowest BCUT2D eigenvalue weighted by atomic mass is 10.1. The van der Waals surface area contributed by atoms with Crippen molar-refractivity contribution in [2.24, 2.45) is 17.2 Å². The molecule has 5 amide bonds. The lowest BCUT2D eigenvalue weighted by Gasteiger charge is -2.32. The molecule has 0 saturated carbocycles. The summed E-state index contributed by atoms with van der Waals surface area (Å²) < 4.78 is 0. The predicted molar refractivity (Wildman–Crippen MR) is 114 cm³/mol. The Balaban J connectivity index is 2.05. The van der Waals surface area contributed by atoms with Gasteiger partial charge in [0.1, 0.15) is 18.1 Å². The number of hydrogen-bond donors (Lipinski definition) is 5. The summed E-state index contributed by atoms with van der Waals surface area (Å²) in [4.78, 5) is 74.9. The van der Waals surface area contributed by atoms with Gasteiger partial charge in [0.15, 0.2) is 0 Å². The highest BCUT2D eigenvalue weighted by atomic mass is 16.4. The number of nitrogens with two attached hydrogens (primary N) is 3. The monoisotopic (exact) mass is 468 g/mol. The molecule has 0 radical (unpaired) electrons. The van der Waals surface area contributed by atoms with E-state index in [1.54, 1.807) is 0 Å². The molecule has 2 heterocycles. The number of amides is 5. The third-order valence-corrected chi connectivity index (χ3v) is 5.97. The number of nitrogens with zero attached hydrogens (tertiary/aromatic N) is 2. The van der Waals surface area contributed by atoms with E-state index >= 15 is 0 Å². The van der Waals surface area contributed by atoms with E-state index < -0.39 is 59.7 Å². The van der Waals surface area contributed by atoms with Crippen LogP contribution in [0.5, 0.6) is 0 Å². The van der Waals surface area contributed by atoms with Crippen LogP contribution in [0.1, 0.15) is 51.4 Å². The molecule has 0 aromatic rings. The second kappa shape index (κ2) is 11.6. The Morgan fingerprint density at radius 2 is 1.42 bits per heavy atom. The van der Waals surface area contributed by atoms with Gasteiger partial charge in [-0.05, 0) is 38.5 Å². The van der Waals surface area contributed by atoms with E-state index in [-0.39, 0.29) is 25.7 Å². The molecule has 33 heavy (non-hydrogen) atoms. The maximum atomic E-state index is 13.3. The Kier molecular flexibility index (Phi) is 9.14. The molecule has 2 aliphatic heterocycles. The normalized spacial score (nSPS) is 22.0. The number of carbonyl (C=O) groups is 6. The fraction of sp³-hybridized carbons (Fsp3) is 0.700. The molecule has 0 bridgehead atoms. The van der Waals surface area contributed by atoms with Gasteiger partial charge in [0.25, 0.3) is 0 Å². The number of primary amides is 2. The fourth-order valence-electron chi connectivity index (χ4n) is 4.23. The summed E-state index contributed by atoms with van der Waals surface area (Å²) in [6.07, 6.45) is 1.54. The van der Waals surface area contributed by atoms with Gasteiger partial charge in [0.05, 0.1) is 6.04 Å². The van der Waals surface area contributed by atoms with Gasteiger partial charge in [-0.15, -0.1) is 0 Å². The average Bonchev–Trinajstić information content (AvgIpc) is 3.43. The van der Waals surface area contributed by atoms with Crippen LogP contribution in [0, 0.1) is 0 Å². The van der Waals surface area contributed by atoms with Crippen LogP contribution in [0.2, 0.25) is 0 Å².